The fourth-order valence-electron chi connectivity index (χ4n) is 4.04. The fraction of sp³-hybridized carbons (Fsp3) is 0.455. The molecule has 1 atom stereocenters. The maximum Gasteiger partial charge on any atom is 0.258 e. The highest BCUT2D eigenvalue weighted by atomic mass is 16.1. The summed E-state index contributed by atoms with van der Waals surface area (Å²) in [5.41, 5.74) is 2.75. The van der Waals surface area contributed by atoms with Crippen molar-refractivity contribution >= 4 is 16.8 Å². The van der Waals surface area contributed by atoms with Crippen molar-refractivity contribution in [2.24, 2.45) is 0 Å². The number of aromatic amines is 1. The number of hydrogen-bond acceptors (Lipinski definition) is 4. The van der Waals surface area contributed by atoms with E-state index in [4.69, 9.17) is 0 Å². The predicted molar refractivity (Wildman–Crippen MR) is 112 cm³/mol. The van der Waals surface area contributed by atoms with E-state index in [9.17, 15) is 9.59 Å². The summed E-state index contributed by atoms with van der Waals surface area (Å²) < 4.78 is 2.07. The number of H-pyrrole nitrogens is 1. The Morgan fingerprint density at radius 1 is 1.31 bits per heavy atom. The van der Waals surface area contributed by atoms with Crippen molar-refractivity contribution in [2.75, 3.05) is 0 Å². The highest BCUT2D eigenvalue weighted by Crippen LogP contribution is 2.32. The summed E-state index contributed by atoms with van der Waals surface area (Å²) >= 11 is 0. The summed E-state index contributed by atoms with van der Waals surface area (Å²) in [7, 11) is 0. The molecule has 152 valence electrons. The molecule has 1 aromatic carbocycles. The number of nitrogens with zero attached hydrogens (tertiary/aromatic N) is 3. The van der Waals surface area contributed by atoms with Crippen LogP contribution in [-0.2, 0) is 23.2 Å². The van der Waals surface area contributed by atoms with E-state index in [0.29, 0.717) is 23.1 Å². The Morgan fingerprint density at radius 3 is 2.90 bits per heavy atom. The molecular weight excluding hydrogens is 366 g/mol. The van der Waals surface area contributed by atoms with E-state index < -0.39 is 0 Å². The first kappa shape index (κ1) is 19.4. The van der Waals surface area contributed by atoms with Gasteiger partial charge in [-0.05, 0) is 52.2 Å². The van der Waals surface area contributed by atoms with Gasteiger partial charge in [0.1, 0.15) is 5.82 Å². The third kappa shape index (κ3) is 3.95. The number of aromatic nitrogens is 4. The molecule has 0 saturated heterocycles. The zero-order valence-electron chi connectivity index (χ0n) is 17.2. The molecule has 4 rings (SSSR count). The number of rotatable bonds is 4. The lowest BCUT2D eigenvalue weighted by atomic mass is 9.92. The van der Waals surface area contributed by atoms with Crippen LogP contribution >= 0.6 is 0 Å². The van der Waals surface area contributed by atoms with Crippen LogP contribution in [0.3, 0.4) is 0 Å². The van der Waals surface area contributed by atoms with Crippen molar-refractivity contribution < 1.29 is 4.79 Å². The van der Waals surface area contributed by atoms with Crippen LogP contribution in [0.2, 0.25) is 0 Å². The highest BCUT2D eigenvalue weighted by molar-refractivity contribution is 5.78. The number of carbonyl (C=O) groups excluding carboxylic acids is 1. The summed E-state index contributed by atoms with van der Waals surface area (Å²) in [6.07, 6.45) is 5.50. The standard InChI is InChI=1S/C22H27N5O2/c1-22(2,3)27-18-10-6-9-17(15(18)13-23-27)25-20(28)12-11-19-24-16-8-5-4-7-14(16)21(29)26-19/h4-5,7-8,13,17H,6,9-12H2,1-3H3,(H,25,28)(H,24,26,29). The number of nitrogens with one attached hydrogen (secondary N) is 2. The van der Waals surface area contributed by atoms with Crippen LogP contribution in [0.4, 0.5) is 0 Å². The molecule has 3 aromatic rings. The molecule has 0 saturated carbocycles. The Bertz CT molecular complexity index is 1110. The molecule has 0 fully saturated rings. The minimum Gasteiger partial charge on any atom is -0.349 e. The maximum atomic E-state index is 12.6. The first-order chi connectivity index (χ1) is 13.8. The van der Waals surface area contributed by atoms with Crippen molar-refractivity contribution in [3.8, 4) is 0 Å². The van der Waals surface area contributed by atoms with Crippen LogP contribution in [0.15, 0.2) is 35.3 Å². The van der Waals surface area contributed by atoms with E-state index in [-0.39, 0.29) is 29.5 Å². The zero-order chi connectivity index (χ0) is 20.6. The minimum absolute atomic E-state index is 0.00837. The third-order valence-corrected chi connectivity index (χ3v) is 5.40. The lowest BCUT2D eigenvalue weighted by Crippen LogP contribution is -2.32. The quantitative estimate of drug-likeness (QED) is 0.713. The summed E-state index contributed by atoms with van der Waals surface area (Å²) in [6.45, 7) is 6.42. The molecule has 0 bridgehead atoms. The molecule has 29 heavy (non-hydrogen) atoms. The molecule has 2 heterocycles. The summed E-state index contributed by atoms with van der Waals surface area (Å²) in [5, 5.41) is 8.29. The molecule has 1 unspecified atom stereocenters. The number of fused-ring (bicyclic) bond motifs is 2. The Morgan fingerprint density at radius 2 is 2.10 bits per heavy atom. The number of amides is 1. The first-order valence-electron chi connectivity index (χ1n) is 10.2. The number of carbonyl (C=O) groups is 1. The van der Waals surface area contributed by atoms with Gasteiger partial charge in [0.25, 0.3) is 5.56 Å². The molecule has 0 radical (unpaired) electrons. The van der Waals surface area contributed by atoms with E-state index in [1.807, 2.05) is 24.4 Å². The van der Waals surface area contributed by atoms with Gasteiger partial charge >= 0.3 is 0 Å². The molecular formula is C22H27N5O2. The Hall–Kier alpha value is -2.96. The van der Waals surface area contributed by atoms with E-state index in [1.54, 1.807) is 6.07 Å². The highest BCUT2D eigenvalue weighted by Gasteiger charge is 2.28. The van der Waals surface area contributed by atoms with Crippen LogP contribution in [0.25, 0.3) is 10.9 Å². The Balaban J connectivity index is 1.44. The summed E-state index contributed by atoms with van der Waals surface area (Å²) in [5.74, 6) is 0.496. The molecule has 7 nitrogen and oxygen atoms in total. The van der Waals surface area contributed by atoms with Gasteiger partial charge in [-0.1, -0.05) is 12.1 Å². The van der Waals surface area contributed by atoms with Gasteiger partial charge < -0.3 is 10.3 Å². The molecule has 0 spiro atoms. The topological polar surface area (TPSA) is 92.7 Å². The lowest BCUT2D eigenvalue weighted by Gasteiger charge is -2.28. The molecule has 1 amide bonds. The molecule has 7 heteroatoms. The number of aryl methyl sites for hydroxylation is 1. The second kappa shape index (κ2) is 7.46. The first-order valence-corrected chi connectivity index (χ1v) is 10.2. The Kier molecular flexibility index (Phi) is 4.98. The van der Waals surface area contributed by atoms with Gasteiger partial charge in [-0.3, -0.25) is 14.3 Å². The molecule has 1 aliphatic rings. The average Bonchev–Trinajstić information content (AvgIpc) is 3.12. The second-order valence-corrected chi connectivity index (χ2v) is 8.67. The van der Waals surface area contributed by atoms with Gasteiger partial charge in [0.15, 0.2) is 0 Å². The van der Waals surface area contributed by atoms with Crippen LogP contribution in [-0.4, -0.2) is 25.7 Å². The molecule has 0 aliphatic heterocycles. The largest absolute Gasteiger partial charge is 0.349 e. The Labute approximate surface area is 169 Å². The van der Waals surface area contributed by atoms with Crippen LogP contribution < -0.4 is 10.9 Å². The maximum absolute atomic E-state index is 12.6. The van der Waals surface area contributed by atoms with Gasteiger partial charge in [0.05, 0.1) is 28.7 Å². The van der Waals surface area contributed by atoms with Crippen molar-refractivity contribution in [2.45, 2.75) is 64.5 Å². The van der Waals surface area contributed by atoms with Crippen molar-refractivity contribution in [1.29, 1.82) is 0 Å². The monoisotopic (exact) mass is 393 g/mol. The van der Waals surface area contributed by atoms with Gasteiger partial charge in [-0.15, -0.1) is 0 Å². The van der Waals surface area contributed by atoms with Gasteiger partial charge in [0, 0.05) is 24.1 Å². The van der Waals surface area contributed by atoms with Crippen molar-refractivity contribution in [3.63, 3.8) is 0 Å². The fourth-order valence-corrected chi connectivity index (χ4v) is 4.04. The molecule has 2 aromatic heterocycles. The van der Waals surface area contributed by atoms with E-state index in [1.165, 1.54) is 5.69 Å². The molecule has 1 aliphatic carbocycles. The van der Waals surface area contributed by atoms with Crippen LogP contribution in [0.1, 0.15) is 63.2 Å². The van der Waals surface area contributed by atoms with Gasteiger partial charge in [-0.25, -0.2) is 4.98 Å². The third-order valence-electron chi connectivity index (χ3n) is 5.40. The lowest BCUT2D eigenvalue weighted by molar-refractivity contribution is -0.121. The van der Waals surface area contributed by atoms with Gasteiger partial charge in [0.2, 0.25) is 5.91 Å². The predicted octanol–water partition coefficient (Wildman–Crippen LogP) is 3.00. The van der Waals surface area contributed by atoms with E-state index >= 15 is 0 Å². The summed E-state index contributed by atoms with van der Waals surface area (Å²) in [6, 6.07) is 7.21. The van der Waals surface area contributed by atoms with Gasteiger partial charge in [-0.2, -0.15) is 5.10 Å². The number of benzene rings is 1. The van der Waals surface area contributed by atoms with Crippen molar-refractivity contribution in [1.82, 2.24) is 25.1 Å². The SMILES string of the molecule is CC(C)(C)n1ncc2c1CCCC2NC(=O)CCc1nc2ccccc2c(=O)[nH]1. The average molecular weight is 393 g/mol. The summed E-state index contributed by atoms with van der Waals surface area (Å²) in [4.78, 5) is 32.0. The van der Waals surface area contributed by atoms with E-state index in [2.05, 4.69) is 45.8 Å². The van der Waals surface area contributed by atoms with Crippen LogP contribution in [0, 0.1) is 0 Å². The minimum atomic E-state index is -0.169. The smallest absolute Gasteiger partial charge is 0.258 e. The zero-order valence-corrected chi connectivity index (χ0v) is 17.2. The van der Waals surface area contributed by atoms with Crippen LogP contribution in [0.5, 0.6) is 0 Å². The number of para-hydroxylation sites is 1. The normalized spacial score (nSPS) is 16.6. The van der Waals surface area contributed by atoms with E-state index in [0.717, 1.165) is 24.8 Å². The molecule has 2 N–H and O–H groups in total. The van der Waals surface area contributed by atoms with Crippen molar-refractivity contribution in [3.05, 3.63) is 57.9 Å². The number of hydrogen-bond donors (Lipinski definition) is 2. The second-order valence-electron chi connectivity index (χ2n) is 8.67.